The monoisotopic (exact) mass is 1490 g/mol. The highest BCUT2D eigenvalue weighted by molar-refractivity contribution is 6.17. The molecule has 0 saturated carbocycles. The molecule has 6 heteroatoms. The van der Waals surface area contributed by atoms with E-state index in [1.54, 1.807) is 0 Å². The van der Waals surface area contributed by atoms with Gasteiger partial charge in [-0.05, 0) is 229 Å². The fourth-order valence-electron chi connectivity index (χ4n) is 18.7. The number of furan rings is 2. The Hall–Kier alpha value is -15.2. The molecule has 1 aliphatic carbocycles. The van der Waals surface area contributed by atoms with Crippen molar-refractivity contribution in [2.45, 2.75) is 13.3 Å². The third kappa shape index (κ3) is 11.5. The summed E-state index contributed by atoms with van der Waals surface area (Å²) in [6.45, 7) is 2.30. The molecule has 0 aliphatic heterocycles. The summed E-state index contributed by atoms with van der Waals surface area (Å²) < 4.78 is 18.3. The third-order valence-corrected chi connectivity index (χ3v) is 24.2. The van der Waals surface area contributed by atoms with Crippen LogP contribution in [0.15, 0.2) is 415 Å². The number of anilines is 6. The van der Waals surface area contributed by atoms with Gasteiger partial charge in [-0.1, -0.05) is 280 Å². The lowest BCUT2D eigenvalue weighted by Crippen LogP contribution is -2.12. The number of fused-ring (bicyclic) bond motifs is 14. The molecule has 6 nitrogen and oxygen atoms in total. The van der Waals surface area contributed by atoms with Gasteiger partial charge < -0.3 is 27.8 Å². The Labute approximate surface area is 676 Å². The largest absolute Gasteiger partial charge is 0.456 e. The lowest BCUT2D eigenvalue weighted by Gasteiger charge is -2.29. The molecule has 0 saturated heterocycles. The molecule has 0 amide bonds. The summed E-state index contributed by atoms with van der Waals surface area (Å²) in [5, 5.41) is 11.6. The van der Waals surface area contributed by atoms with Gasteiger partial charge in [-0.3, -0.25) is 0 Å². The van der Waals surface area contributed by atoms with E-state index in [-0.39, 0.29) is 0 Å². The van der Waals surface area contributed by atoms with E-state index in [1.165, 1.54) is 76.6 Å². The number of hydrogen-bond donors (Lipinski definition) is 0. The van der Waals surface area contributed by atoms with E-state index in [0.717, 1.165) is 151 Å². The van der Waals surface area contributed by atoms with Crippen molar-refractivity contribution in [3.8, 4) is 78.1 Å². The van der Waals surface area contributed by atoms with E-state index in [0.29, 0.717) is 5.92 Å². The fourth-order valence-corrected chi connectivity index (χ4v) is 18.7. The molecule has 1 aliphatic rings. The van der Waals surface area contributed by atoms with E-state index < -0.39 is 0 Å². The molecule has 22 aromatic rings. The number of para-hydroxylation sites is 7. The quantitative estimate of drug-likeness (QED) is 0.109. The Kier molecular flexibility index (Phi) is 15.9. The lowest BCUT2D eigenvalue weighted by atomic mass is 9.88. The molecule has 117 heavy (non-hydrogen) atoms. The first-order chi connectivity index (χ1) is 57.9. The van der Waals surface area contributed by atoms with Crippen LogP contribution in [0.2, 0.25) is 0 Å². The van der Waals surface area contributed by atoms with Crippen LogP contribution in [0, 0.1) is 5.92 Å². The third-order valence-electron chi connectivity index (χ3n) is 24.2. The molecule has 550 valence electrons. The zero-order chi connectivity index (χ0) is 77.2. The topological polar surface area (TPSA) is 42.6 Å². The summed E-state index contributed by atoms with van der Waals surface area (Å²) in [6, 6.07) is 146. The zero-order valence-electron chi connectivity index (χ0n) is 64.1. The Morgan fingerprint density at radius 3 is 1.17 bits per heavy atom. The van der Waals surface area contributed by atoms with Crippen molar-refractivity contribution in [2.24, 2.45) is 5.92 Å². The van der Waals surface area contributed by atoms with Crippen LogP contribution in [-0.4, -0.2) is 9.13 Å². The first kappa shape index (κ1) is 67.5. The maximum Gasteiger partial charge on any atom is 0.136 e. The van der Waals surface area contributed by atoms with Gasteiger partial charge in [-0.15, -0.1) is 0 Å². The molecule has 1 unspecified atom stereocenters. The van der Waals surface area contributed by atoms with E-state index in [9.17, 15) is 0 Å². The average Bonchev–Trinajstić information content (AvgIpc) is 1.58. The lowest BCUT2D eigenvalue weighted by molar-refractivity contribution is 0.668. The molecule has 18 aromatic carbocycles. The smallest absolute Gasteiger partial charge is 0.136 e. The van der Waals surface area contributed by atoms with Crippen molar-refractivity contribution in [1.29, 1.82) is 0 Å². The molecule has 0 N–H and O–H groups in total. The van der Waals surface area contributed by atoms with E-state index >= 15 is 0 Å². The van der Waals surface area contributed by atoms with Crippen molar-refractivity contribution in [3.63, 3.8) is 0 Å². The maximum absolute atomic E-state index is 6.98. The summed E-state index contributed by atoms with van der Waals surface area (Å²) in [4.78, 5) is 4.85. The van der Waals surface area contributed by atoms with E-state index in [4.69, 9.17) is 8.83 Å². The highest BCUT2D eigenvalue weighted by Crippen LogP contribution is 2.50. The molecular formula is C111H74N4O2. The second kappa shape index (κ2) is 27.6. The maximum atomic E-state index is 6.98. The second-order valence-corrected chi connectivity index (χ2v) is 31.2. The molecule has 0 radical (unpaired) electrons. The first-order valence-electron chi connectivity index (χ1n) is 40.4. The van der Waals surface area contributed by atoms with Crippen LogP contribution in [0.25, 0.3) is 182 Å². The van der Waals surface area contributed by atoms with Gasteiger partial charge >= 0.3 is 0 Å². The molecule has 4 aromatic heterocycles. The van der Waals surface area contributed by atoms with Crippen LogP contribution in [-0.2, 0) is 6.42 Å². The van der Waals surface area contributed by atoms with Gasteiger partial charge in [0.1, 0.15) is 22.3 Å². The van der Waals surface area contributed by atoms with Gasteiger partial charge in [0.2, 0.25) is 0 Å². The number of nitrogens with zero attached hydrogens (tertiary/aromatic N) is 4. The highest BCUT2D eigenvalue weighted by Gasteiger charge is 2.26. The number of allylic oxidation sites excluding steroid dienone is 1. The summed E-state index contributed by atoms with van der Waals surface area (Å²) in [7, 11) is 0. The molecule has 1 atom stereocenters. The van der Waals surface area contributed by atoms with E-state index in [2.05, 4.69) is 432 Å². The zero-order valence-corrected chi connectivity index (χ0v) is 64.1. The Bertz CT molecular complexity index is 7650. The summed E-state index contributed by atoms with van der Waals surface area (Å²) in [5.74, 6) is 0.517. The first-order valence-corrected chi connectivity index (χ1v) is 40.4. The minimum absolute atomic E-state index is 0.517. The van der Waals surface area contributed by atoms with Gasteiger partial charge in [0.25, 0.3) is 0 Å². The van der Waals surface area contributed by atoms with Crippen LogP contribution in [0.3, 0.4) is 0 Å². The molecule has 4 heterocycles. The van der Waals surface area contributed by atoms with Crippen LogP contribution in [0.1, 0.15) is 18.1 Å². The second-order valence-electron chi connectivity index (χ2n) is 31.2. The average molecular weight is 1500 g/mol. The van der Waals surface area contributed by atoms with Crippen LogP contribution in [0.5, 0.6) is 0 Å². The van der Waals surface area contributed by atoms with Gasteiger partial charge in [0.05, 0.1) is 33.4 Å². The van der Waals surface area contributed by atoms with Crippen molar-refractivity contribution < 1.29 is 8.83 Å². The number of benzene rings is 18. The predicted molar refractivity (Wildman–Crippen MR) is 491 cm³/mol. The standard InChI is InChI=1S/C111H74N4O2/c1-71-42-43-76-48-51-78(65-82(76)64-71)75-56-61-85(62-57-75)113(87-21-17-23-89(70-87)115-104-37-13-4-26-92(104)93-27-5-14-38-105(93)115)101-34-10-7-29-95(101)97-32-19-41-108-111(97)99-63-58-81(68-109(99)117-108)80-53-50-77-49-52-79(66-83(77)67-80)74-46-44-72(45-47-74)73-54-59-84(60-55-73)112(86-20-16-22-88(69-86)114-102-35-11-2-24-90(102)91-25-3-12-36-103(91)114)100-33-9-6-28-94(100)96-31-18-40-107-110(96)98-30-8-15-39-106(98)116-107/h2-63,65-71H,64H2,1H3. The minimum atomic E-state index is 0.517. The number of rotatable bonds is 14. The molecular weight excluding hydrogens is 1420 g/mol. The molecule has 0 fully saturated rings. The summed E-state index contributed by atoms with van der Waals surface area (Å²) in [5.41, 5.74) is 32.9. The Balaban J connectivity index is 0.564. The van der Waals surface area contributed by atoms with Crippen LogP contribution in [0.4, 0.5) is 34.1 Å². The van der Waals surface area contributed by atoms with Crippen molar-refractivity contribution in [2.75, 3.05) is 9.80 Å². The van der Waals surface area contributed by atoms with Gasteiger partial charge in [-0.2, -0.15) is 0 Å². The number of aromatic nitrogens is 2. The van der Waals surface area contributed by atoms with Gasteiger partial charge in [0.15, 0.2) is 0 Å². The summed E-state index contributed by atoms with van der Waals surface area (Å²) in [6.07, 6.45) is 5.65. The fraction of sp³-hybridized carbons (Fsp3) is 0.0270. The SMILES string of the molecule is CC1C=Cc2ccc(-c3ccc(N(c4cccc(-n5c6ccccc6c6ccccc65)c4)c4ccccc4-c4cccc5oc6cc(-c7ccc8ccc(-c9ccc(-c%10ccc(N(c%11cccc(-n%12c%13ccccc%13c%13ccccc%13%12)c%11)c%11ccccc%11-c%11cccc%12oc%13ccccc%13c%11%12)cc%10)cc9)cc8c7)ccc6c45)cc3)cc2C1. The van der Waals surface area contributed by atoms with Crippen LogP contribution >= 0.6 is 0 Å². The van der Waals surface area contributed by atoms with Crippen LogP contribution < -0.4 is 9.80 Å². The summed E-state index contributed by atoms with van der Waals surface area (Å²) >= 11 is 0. The van der Waals surface area contributed by atoms with Gasteiger partial charge in [0, 0.05) is 88.3 Å². The molecule has 0 spiro atoms. The highest BCUT2D eigenvalue weighted by atomic mass is 16.3. The Morgan fingerprint density at radius 1 is 0.265 bits per heavy atom. The van der Waals surface area contributed by atoms with Crippen molar-refractivity contribution in [1.82, 2.24) is 9.13 Å². The van der Waals surface area contributed by atoms with Gasteiger partial charge in [-0.25, -0.2) is 0 Å². The van der Waals surface area contributed by atoms with E-state index in [1.807, 2.05) is 6.07 Å². The Morgan fingerprint density at radius 2 is 0.641 bits per heavy atom. The molecule has 23 rings (SSSR count). The van der Waals surface area contributed by atoms with Crippen molar-refractivity contribution in [3.05, 3.63) is 418 Å². The predicted octanol–water partition coefficient (Wildman–Crippen LogP) is 31.0. The van der Waals surface area contributed by atoms with Crippen molar-refractivity contribution >= 4 is 138 Å². The molecule has 0 bridgehead atoms. The normalized spacial score (nSPS) is 12.8. The number of hydrogen-bond acceptors (Lipinski definition) is 4. The minimum Gasteiger partial charge on any atom is -0.456 e.